The normalized spacial score (nSPS) is 12.7. The van der Waals surface area contributed by atoms with E-state index in [1.807, 2.05) is 0 Å². The number of alkyl halides is 3. The number of amides is 1. The zero-order chi connectivity index (χ0) is 19.2. The number of rotatable bonds is 7. The molecule has 2 aromatic rings. The first kappa shape index (κ1) is 20.2. The van der Waals surface area contributed by atoms with Gasteiger partial charge in [0.25, 0.3) is 0 Å². The first-order valence-electron chi connectivity index (χ1n) is 7.76. The van der Waals surface area contributed by atoms with Gasteiger partial charge in [0, 0.05) is 19.2 Å². The van der Waals surface area contributed by atoms with Crippen molar-refractivity contribution in [3.63, 3.8) is 0 Å². The standard InChI is InChI=1S/C17H18F3N3O2S/c1-11(15(24)21-8-9-25-2)26-16-22-13(12-6-4-3-5-7-12)10-14(23-16)17(18,19)20/h3-7,10-11H,8-9H2,1-2H3,(H,21,24). The predicted molar refractivity (Wildman–Crippen MR) is 92.7 cm³/mol. The summed E-state index contributed by atoms with van der Waals surface area (Å²) in [6.45, 7) is 2.25. The number of carbonyl (C=O) groups is 1. The number of halogens is 3. The van der Waals surface area contributed by atoms with Crippen LogP contribution in [0.5, 0.6) is 0 Å². The molecule has 9 heteroatoms. The van der Waals surface area contributed by atoms with Crippen molar-refractivity contribution < 1.29 is 22.7 Å². The van der Waals surface area contributed by atoms with Crippen molar-refractivity contribution in [1.82, 2.24) is 15.3 Å². The highest BCUT2D eigenvalue weighted by Gasteiger charge is 2.34. The minimum absolute atomic E-state index is 0.104. The zero-order valence-corrected chi connectivity index (χ0v) is 15.0. The van der Waals surface area contributed by atoms with Gasteiger partial charge in [-0.1, -0.05) is 42.1 Å². The molecule has 0 bridgehead atoms. The lowest BCUT2D eigenvalue weighted by molar-refractivity contribution is -0.141. The van der Waals surface area contributed by atoms with Gasteiger partial charge in [0.2, 0.25) is 5.91 Å². The molecule has 0 saturated heterocycles. The number of aromatic nitrogens is 2. The van der Waals surface area contributed by atoms with E-state index in [9.17, 15) is 18.0 Å². The Balaban J connectivity index is 2.26. The third-order valence-corrected chi connectivity index (χ3v) is 4.28. The molecule has 1 N–H and O–H groups in total. The van der Waals surface area contributed by atoms with Gasteiger partial charge in [0.1, 0.15) is 5.69 Å². The van der Waals surface area contributed by atoms with Gasteiger partial charge in [-0.2, -0.15) is 13.2 Å². The molecule has 0 spiro atoms. The average molecular weight is 385 g/mol. The van der Waals surface area contributed by atoms with Crippen molar-refractivity contribution in [3.8, 4) is 11.3 Å². The van der Waals surface area contributed by atoms with Crippen LogP contribution in [-0.4, -0.2) is 41.4 Å². The number of nitrogens with zero attached hydrogens (tertiary/aromatic N) is 2. The fourth-order valence-electron chi connectivity index (χ4n) is 2.01. The average Bonchev–Trinajstić information content (AvgIpc) is 2.61. The molecule has 1 aromatic carbocycles. The highest BCUT2D eigenvalue weighted by atomic mass is 32.2. The summed E-state index contributed by atoms with van der Waals surface area (Å²) in [7, 11) is 1.51. The van der Waals surface area contributed by atoms with E-state index < -0.39 is 17.1 Å². The van der Waals surface area contributed by atoms with E-state index in [1.165, 1.54) is 7.11 Å². The van der Waals surface area contributed by atoms with Crippen molar-refractivity contribution >= 4 is 17.7 Å². The first-order chi connectivity index (χ1) is 12.3. The van der Waals surface area contributed by atoms with Crippen LogP contribution in [0.4, 0.5) is 13.2 Å². The van der Waals surface area contributed by atoms with Crippen LogP contribution in [0.2, 0.25) is 0 Å². The maximum Gasteiger partial charge on any atom is 0.433 e. The van der Waals surface area contributed by atoms with Crippen LogP contribution in [0.15, 0.2) is 41.6 Å². The second-order valence-corrected chi connectivity index (χ2v) is 6.64. The predicted octanol–water partition coefficient (Wildman–Crippen LogP) is 3.41. The van der Waals surface area contributed by atoms with Crippen LogP contribution in [-0.2, 0) is 15.7 Å². The molecular formula is C17H18F3N3O2S. The molecule has 0 aliphatic carbocycles. The van der Waals surface area contributed by atoms with Gasteiger partial charge in [0.05, 0.1) is 17.6 Å². The maximum absolute atomic E-state index is 13.2. The SMILES string of the molecule is COCCNC(=O)C(C)Sc1nc(-c2ccccc2)cc(C(F)(F)F)n1. The molecule has 2 rings (SSSR count). The molecule has 5 nitrogen and oxygen atoms in total. The van der Waals surface area contributed by atoms with E-state index in [1.54, 1.807) is 37.3 Å². The van der Waals surface area contributed by atoms with Crippen molar-refractivity contribution in [2.75, 3.05) is 20.3 Å². The Kier molecular flexibility index (Phi) is 6.98. The maximum atomic E-state index is 13.2. The number of nitrogens with one attached hydrogen (secondary N) is 1. The Morgan fingerprint density at radius 3 is 2.58 bits per heavy atom. The molecule has 0 aliphatic rings. The lowest BCUT2D eigenvalue weighted by Gasteiger charge is -2.13. The van der Waals surface area contributed by atoms with Crippen LogP contribution >= 0.6 is 11.8 Å². The topological polar surface area (TPSA) is 64.1 Å². The molecule has 1 unspecified atom stereocenters. The minimum atomic E-state index is -4.61. The fourth-order valence-corrected chi connectivity index (χ4v) is 2.82. The highest BCUT2D eigenvalue weighted by Crippen LogP contribution is 2.32. The van der Waals surface area contributed by atoms with Crippen LogP contribution in [0, 0.1) is 0 Å². The highest BCUT2D eigenvalue weighted by molar-refractivity contribution is 8.00. The monoisotopic (exact) mass is 385 g/mol. The van der Waals surface area contributed by atoms with Crippen LogP contribution in [0.1, 0.15) is 12.6 Å². The summed E-state index contributed by atoms with van der Waals surface area (Å²) in [6, 6.07) is 9.42. The number of benzene rings is 1. The number of ether oxygens (including phenoxy) is 1. The second kappa shape index (κ2) is 9.00. The summed E-state index contributed by atoms with van der Waals surface area (Å²) in [5.74, 6) is -0.325. The van der Waals surface area contributed by atoms with Crippen molar-refractivity contribution in [2.45, 2.75) is 23.5 Å². The van der Waals surface area contributed by atoms with Crippen molar-refractivity contribution in [1.29, 1.82) is 0 Å². The van der Waals surface area contributed by atoms with Crippen molar-refractivity contribution in [2.24, 2.45) is 0 Å². The van der Waals surface area contributed by atoms with Gasteiger partial charge < -0.3 is 10.1 Å². The van der Waals surface area contributed by atoms with Crippen molar-refractivity contribution in [3.05, 3.63) is 42.1 Å². The summed E-state index contributed by atoms with van der Waals surface area (Å²) < 4.78 is 44.4. The molecule has 0 radical (unpaired) electrons. The van der Waals surface area contributed by atoms with Gasteiger partial charge >= 0.3 is 6.18 Å². The van der Waals surface area contributed by atoms with Crippen LogP contribution in [0.25, 0.3) is 11.3 Å². The molecule has 0 aliphatic heterocycles. The molecule has 1 atom stereocenters. The number of thioether (sulfide) groups is 1. The van der Waals surface area contributed by atoms with E-state index >= 15 is 0 Å². The summed E-state index contributed by atoms with van der Waals surface area (Å²) in [6.07, 6.45) is -4.61. The molecule has 26 heavy (non-hydrogen) atoms. The molecule has 1 heterocycles. The Labute approximate surface area is 153 Å². The van der Waals surface area contributed by atoms with E-state index in [0.717, 1.165) is 17.8 Å². The smallest absolute Gasteiger partial charge is 0.383 e. The number of methoxy groups -OCH3 is 1. The molecule has 140 valence electrons. The summed E-state index contributed by atoms with van der Waals surface area (Å²) in [4.78, 5) is 19.7. The second-order valence-electron chi connectivity index (χ2n) is 5.33. The fraction of sp³-hybridized carbons (Fsp3) is 0.353. The third-order valence-electron chi connectivity index (χ3n) is 3.32. The van der Waals surface area contributed by atoms with Gasteiger partial charge in [0.15, 0.2) is 5.16 Å². The van der Waals surface area contributed by atoms with E-state index in [4.69, 9.17) is 4.74 Å². The summed E-state index contributed by atoms with van der Waals surface area (Å²) >= 11 is 0.874. The van der Waals surface area contributed by atoms with Gasteiger partial charge in [-0.3, -0.25) is 4.79 Å². The molecule has 1 amide bonds. The van der Waals surface area contributed by atoms with Gasteiger partial charge in [-0.05, 0) is 13.0 Å². The van der Waals surface area contributed by atoms with Gasteiger partial charge in [-0.25, -0.2) is 9.97 Å². The third kappa shape index (κ3) is 5.70. The molecule has 0 saturated carbocycles. The minimum Gasteiger partial charge on any atom is -0.383 e. The lowest BCUT2D eigenvalue weighted by atomic mass is 10.1. The Hall–Kier alpha value is -2.13. The van der Waals surface area contributed by atoms with E-state index in [0.29, 0.717) is 18.7 Å². The first-order valence-corrected chi connectivity index (χ1v) is 8.64. The number of hydrogen-bond donors (Lipinski definition) is 1. The zero-order valence-electron chi connectivity index (χ0n) is 14.2. The summed E-state index contributed by atoms with van der Waals surface area (Å²) in [5.41, 5.74) is -0.345. The van der Waals surface area contributed by atoms with Crippen LogP contribution < -0.4 is 5.32 Å². The molecule has 1 aromatic heterocycles. The Bertz CT molecular complexity index is 742. The van der Waals surface area contributed by atoms with Crippen LogP contribution in [0.3, 0.4) is 0 Å². The number of hydrogen-bond acceptors (Lipinski definition) is 5. The summed E-state index contributed by atoms with van der Waals surface area (Å²) in [5, 5.41) is 1.87. The largest absolute Gasteiger partial charge is 0.433 e. The molecular weight excluding hydrogens is 367 g/mol. The Morgan fingerprint density at radius 1 is 1.27 bits per heavy atom. The molecule has 0 fully saturated rings. The van der Waals surface area contributed by atoms with E-state index in [2.05, 4.69) is 15.3 Å². The number of carbonyl (C=O) groups excluding carboxylic acids is 1. The van der Waals surface area contributed by atoms with Gasteiger partial charge in [-0.15, -0.1) is 0 Å². The lowest BCUT2D eigenvalue weighted by Crippen LogP contribution is -2.33. The Morgan fingerprint density at radius 2 is 1.96 bits per heavy atom. The van der Waals surface area contributed by atoms with E-state index in [-0.39, 0.29) is 16.8 Å². The quantitative estimate of drug-likeness (QED) is 0.450.